The van der Waals surface area contributed by atoms with E-state index >= 15 is 0 Å². The molecule has 2 aromatic carbocycles. The van der Waals surface area contributed by atoms with Gasteiger partial charge in [0.1, 0.15) is 5.82 Å². The van der Waals surface area contributed by atoms with Crippen molar-refractivity contribution >= 4 is 35.2 Å². The molecule has 1 atom stereocenters. The maximum Gasteiger partial charge on any atom is 0.338 e. The molecule has 10 heteroatoms. The van der Waals surface area contributed by atoms with Gasteiger partial charge in [-0.25, -0.2) is 4.79 Å². The molecule has 2 amide bonds. The van der Waals surface area contributed by atoms with Crippen molar-refractivity contribution in [1.82, 2.24) is 9.97 Å². The number of fused-ring (bicyclic) bond motifs is 2. The van der Waals surface area contributed by atoms with E-state index in [0.29, 0.717) is 30.3 Å². The van der Waals surface area contributed by atoms with Crippen LogP contribution in [0.1, 0.15) is 46.3 Å². The Bertz CT molecular complexity index is 1400. The molecule has 1 aromatic heterocycles. The Hall–Kier alpha value is -4.47. The van der Waals surface area contributed by atoms with Crippen LogP contribution < -0.4 is 21.1 Å². The van der Waals surface area contributed by atoms with Gasteiger partial charge >= 0.3 is 5.97 Å². The van der Waals surface area contributed by atoms with Crippen molar-refractivity contribution in [2.75, 3.05) is 28.7 Å². The number of esters is 1. The molecule has 184 valence electrons. The molecule has 0 saturated carbocycles. The van der Waals surface area contributed by atoms with Gasteiger partial charge in [0.05, 0.1) is 23.7 Å². The molecule has 0 unspecified atom stereocenters. The minimum Gasteiger partial charge on any atom is -0.462 e. The van der Waals surface area contributed by atoms with Gasteiger partial charge < -0.3 is 20.3 Å². The molecule has 2 aliphatic heterocycles. The quantitative estimate of drug-likeness (QED) is 0.471. The van der Waals surface area contributed by atoms with Gasteiger partial charge in [0.2, 0.25) is 17.8 Å². The van der Waals surface area contributed by atoms with E-state index in [1.54, 1.807) is 19.1 Å². The van der Waals surface area contributed by atoms with Gasteiger partial charge in [0.15, 0.2) is 0 Å². The van der Waals surface area contributed by atoms with Gasteiger partial charge in [-0.15, -0.1) is 0 Å². The minimum absolute atomic E-state index is 0.0988. The van der Waals surface area contributed by atoms with Gasteiger partial charge in [-0.2, -0.15) is 4.98 Å². The number of carbonyl (C=O) groups excluding carboxylic acids is 3. The first kappa shape index (κ1) is 23.3. The number of hydrogen-bond acceptors (Lipinski definition) is 7. The summed E-state index contributed by atoms with van der Waals surface area (Å²) >= 11 is 0. The van der Waals surface area contributed by atoms with Crippen LogP contribution in [0.5, 0.6) is 0 Å². The van der Waals surface area contributed by atoms with Crippen LogP contribution in [-0.4, -0.2) is 40.9 Å². The molecule has 3 N–H and O–H groups in total. The third-order valence-electron chi connectivity index (χ3n) is 6.35. The Kier molecular flexibility index (Phi) is 6.24. The SMILES string of the molecule is CCOC(=O)c1ccc(NC(=O)[C@H]2CC(=O)Nc3nc(N4CCc5ccccc5C4)[nH]c(=O)c32)cc1. The van der Waals surface area contributed by atoms with Crippen molar-refractivity contribution < 1.29 is 19.1 Å². The summed E-state index contributed by atoms with van der Waals surface area (Å²) in [7, 11) is 0. The number of aromatic nitrogens is 2. The van der Waals surface area contributed by atoms with E-state index in [9.17, 15) is 19.2 Å². The van der Waals surface area contributed by atoms with Crippen molar-refractivity contribution in [2.24, 2.45) is 0 Å². The summed E-state index contributed by atoms with van der Waals surface area (Å²) in [4.78, 5) is 59.8. The summed E-state index contributed by atoms with van der Waals surface area (Å²) < 4.78 is 4.96. The molecule has 0 saturated heterocycles. The zero-order chi connectivity index (χ0) is 25.2. The summed E-state index contributed by atoms with van der Waals surface area (Å²) in [5.74, 6) is -1.93. The lowest BCUT2D eigenvalue weighted by Crippen LogP contribution is -2.38. The highest BCUT2D eigenvalue weighted by molar-refractivity contribution is 6.04. The zero-order valence-corrected chi connectivity index (χ0v) is 19.7. The highest BCUT2D eigenvalue weighted by Gasteiger charge is 2.35. The topological polar surface area (TPSA) is 133 Å². The second-order valence-electron chi connectivity index (χ2n) is 8.68. The van der Waals surface area contributed by atoms with Crippen LogP contribution in [0.4, 0.5) is 17.5 Å². The van der Waals surface area contributed by atoms with Gasteiger partial charge in [-0.3, -0.25) is 19.4 Å². The molecule has 0 spiro atoms. The number of anilines is 3. The molecule has 5 rings (SSSR count). The van der Waals surface area contributed by atoms with Crippen LogP contribution in [0.25, 0.3) is 0 Å². The molecule has 0 radical (unpaired) electrons. The van der Waals surface area contributed by atoms with Crippen molar-refractivity contribution in [3.63, 3.8) is 0 Å². The third-order valence-corrected chi connectivity index (χ3v) is 6.35. The summed E-state index contributed by atoms with van der Waals surface area (Å²) in [5.41, 5.74) is 2.84. The number of nitrogens with one attached hydrogen (secondary N) is 3. The van der Waals surface area contributed by atoms with E-state index in [4.69, 9.17) is 4.74 Å². The highest BCUT2D eigenvalue weighted by Crippen LogP contribution is 2.31. The minimum atomic E-state index is -1.01. The van der Waals surface area contributed by atoms with E-state index in [1.165, 1.54) is 17.7 Å². The average molecular weight is 488 g/mol. The van der Waals surface area contributed by atoms with Crippen molar-refractivity contribution in [2.45, 2.75) is 32.2 Å². The van der Waals surface area contributed by atoms with Gasteiger partial charge in [0.25, 0.3) is 5.56 Å². The first-order valence-corrected chi connectivity index (χ1v) is 11.8. The summed E-state index contributed by atoms with van der Waals surface area (Å²) in [6, 6.07) is 14.3. The second kappa shape index (κ2) is 9.65. The van der Waals surface area contributed by atoms with Gasteiger partial charge in [-0.1, -0.05) is 24.3 Å². The highest BCUT2D eigenvalue weighted by atomic mass is 16.5. The Morgan fingerprint density at radius 1 is 1.11 bits per heavy atom. The molecule has 0 bridgehead atoms. The van der Waals surface area contributed by atoms with E-state index in [1.807, 2.05) is 23.1 Å². The summed E-state index contributed by atoms with van der Waals surface area (Å²) in [6.07, 6.45) is 0.629. The van der Waals surface area contributed by atoms with E-state index in [2.05, 4.69) is 26.7 Å². The largest absolute Gasteiger partial charge is 0.462 e. The first-order valence-electron chi connectivity index (χ1n) is 11.8. The van der Waals surface area contributed by atoms with Crippen LogP contribution in [0, 0.1) is 0 Å². The number of benzene rings is 2. The van der Waals surface area contributed by atoms with E-state index < -0.39 is 29.3 Å². The number of amides is 2. The van der Waals surface area contributed by atoms with E-state index in [0.717, 1.165) is 12.0 Å². The standard InChI is InChI=1S/C26H25N5O5/c1-2-36-25(35)16-7-9-18(10-8-16)27-23(33)19-13-20(32)28-22-21(19)24(34)30-26(29-22)31-12-11-15-5-3-4-6-17(15)14-31/h3-10,19H,2,11-14H2,1H3,(H,27,33)(H2,28,29,30,32,34)/t19-/m0/s1. The molecule has 0 fully saturated rings. The molecule has 36 heavy (non-hydrogen) atoms. The fraction of sp³-hybridized carbons (Fsp3) is 0.269. The maximum atomic E-state index is 13.1. The number of carbonyl (C=O) groups is 3. The lowest BCUT2D eigenvalue weighted by Gasteiger charge is -2.30. The Morgan fingerprint density at radius 2 is 1.86 bits per heavy atom. The smallest absolute Gasteiger partial charge is 0.338 e. The molecular weight excluding hydrogens is 462 g/mol. The van der Waals surface area contributed by atoms with Crippen LogP contribution in [-0.2, 0) is 27.3 Å². The number of hydrogen-bond donors (Lipinski definition) is 3. The van der Waals surface area contributed by atoms with Crippen molar-refractivity contribution in [3.8, 4) is 0 Å². The van der Waals surface area contributed by atoms with Crippen LogP contribution in [0.2, 0.25) is 0 Å². The van der Waals surface area contributed by atoms with Gasteiger partial charge in [-0.05, 0) is 48.7 Å². The molecule has 10 nitrogen and oxygen atoms in total. The normalized spacial score (nSPS) is 16.4. The van der Waals surface area contributed by atoms with Crippen LogP contribution >= 0.6 is 0 Å². The van der Waals surface area contributed by atoms with Crippen molar-refractivity contribution in [3.05, 3.63) is 81.1 Å². The Balaban J connectivity index is 1.37. The lowest BCUT2D eigenvalue weighted by molar-refractivity contribution is -0.123. The fourth-order valence-electron chi connectivity index (χ4n) is 4.54. The zero-order valence-electron chi connectivity index (χ0n) is 19.7. The lowest BCUT2D eigenvalue weighted by atomic mass is 9.92. The average Bonchev–Trinajstić information content (AvgIpc) is 2.88. The number of rotatable bonds is 5. The summed E-state index contributed by atoms with van der Waals surface area (Å²) in [5, 5.41) is 5.38. The maximum absolute atomic E-state index is 13.1. The van der Waals surface area contributed by atoms with E-state index in [-0.39, 0.29) is 24.4 Å². The molecular formula is C26H25N5O5. The predicted octanol–water partition coefficient (Wildman–Crippen LogP) is 2.57. The Labute approximate surface area is 206 Å². The Morgan fingerprint density at radius 3 is 2.61 bits per heavy atom. The third kappa shape index (κ3) is 4.57. The second-order valence-corrected chi connectivity index (χ2v) is 8.68. The van der Waals surface area contributed by atoms with Crippen LogP contribution in [0.3, 0.4) is 0 Å². The van der Waals surface area contributed by atoms with Crippen molar-refractivity contribution in [1.29, 1.82) is 0 Å². The van der Waals surface area contributed by atoms with Crippen LogP contribution in [0.15, 0.2) is 53.3 Å². The number of nitrogens with zero attached hydrogens (tertiary/aromatic N) is 2. The first-order chi connectivity index (χ1) is 17.4. The summed E-state index contributed by atoms with van der Waals surface area (Å²) in [6.45, 7) is 3.22. The number of aromatic amines is 1. The molecule has 3 heterocycles. The molecule has 3 aromatic rings. The molecule has 2 aliphatic rings. The number of H-pyrrole nitrogens is 1. The molecule has 0 aliphatic carbocycles. The fourth-order valence-corrected chi connectivity index (χ4v) is 4.54. The number of ether oxygens (including phenoxy) is 1. The van der Waals surface area contributed by atoms with Gasteiger partial charge in [0, 0.05) is 25.2 Å². The predicted molar refractivity (Wildman–Crippen MR) is 133 cm³/mol. The monoisotopic (exact) mass is 487 g/mol.